The molecule has 12 heteroatoms. The Morgan fingerprint density at radius 2 is 1.79 bits per heavy atom. The number of benzene rings is 2. The lowest BCUT2D eigenvalue weighted by Gasteiger charge is -2.32. The SMILES string of the molecule is COC(=O)C[C@H](C(=O)N1CCc2cc(OCc3ccc(C4CC4)cc3OC(F)(F)F)ccc21)N(C)C(=O)OC(C)(C)C. The molecule has 1 heterocycles. The first kappa shape index (κ1) is 31.0. The first-order valence-electron chi connectivity index (χ1n) is 13.6. The van der Waals surface area contributed by atoms with E-state index in [1.165, 1.54) is 25.1 Å². The summed E-state index contributed by atoms with van der Waals surface area (Å²) in [5.74, 6) is -0.759. The minimum Gasteiger partial charge on any atom is -0.489 e. The van der Waals surface area contributed by atoms with Crippen molar-refractivity contribution >= 4 is 23.7 Å². The number of hydrogen-bond donors (Lipinski definition) is 0. The molecular formula is C30H35F3N2O7. The van der Waals surface area contributed by atoms with Gasteiger partial charge in [-0.05, 0) is 81.3 Å². The number of fused-ring (bicyclic) bond motifs is 1. The van der Waals surface area contributed by atoms with E-state index in [2.05, 4.69) is 4.74 Å². The van der Waals surface area contributed by atoms with Crippen molar-refractivity contribution in [1.29, 1.82) is 0 Å². The molecule has 1 saturated carbocycles. The van der Waals surface area contributed by atoms with E-state index in [0.29, 0.717) is 24.4 Å². The molecule has 0 radical (unpaired) electrons. The second-order valence-electron chi connectivity index (χ2n) is 11.4. The van der Waals surface area contributed by atoms with Crippen molar-refractivity contribution in [2.45, 2.75) is 77.0 Å². The topological polar surface area (TPSA) is 94.6 Å². The maximum Gasteiger partial charge on any atom is 0.573 e. The fourth-order valence-electron chi connectivity index (χ4n) is 4.71. The number of amides is 2. The third-order valence-corrected chi connectivity index (χ3v) is 6.99. The van der Waals surface area contributed by atoms with E-state index in [-0.39, 0.29) is 30.3 Å². The summed E-state index contributed by atoms with van der Waals surface area (Å²) >= 11 is 0. The molecule has 1 fully saturated rings. The second kappa shape index (κ2) is 12.1. The van der Waals surface area contributed by atoms with E-state index in [9.17, 15) is 27.6 Å². The highest BCUT2D eigenvalue weighted by atomic mass is 19.4. The van der Waals surface area contributed by atoms with Crippen LogP contribution in [0.1, 0.15) is 62.6 Å². The number of halogens is 3. The number of methoxy groups -OCH3 is 1. The van der Waals surface area contributed by atoms with Gasteiger partial charge in [-0.15, -0.1) is 13.2 Å². The van der Waals surface area contributed by atoms with Gasteiger partial charge in [-0.3, -0.25) is 14.5 Å². The van der Waals surface area contributed by atoms with Gasteiger partial charge < -0.3 is 23.8 Å². The Morgan fingerprint density at radius 1 is 1.07 bits per heavy atom. The second-order valence-corrected chi connectivity index (χ2v) is 11.4. The zero-order valence-electron chi connectivity index (χ0n) is 24.2. The summed E-state index contributed by atoms with van der Waals surface area (Å²) in [6, 6.07) is 8.64. The lowest BCUT2D eigenvalue weighted by atomic mass is 10.1. The quantitative estimate of drug-likeness (QED) is 0.344. The highest BCUT2D eigenvalue weighted by Gasteiger charge is 2.38. The minimum absolute atomic E-state index is 0.153. The van der Waals surface area contributed by atoms with E-state index >= 15 is 0 Å². The summed E-state index contributed by atoms with van der Waals surface area (Å²) in [4.78, 5) is 41.1. The van der Waals surface area contributed by atoms with Crippen LogP contribution in [0.5, 0.6) is 11.5 Å². The van der Waals surface area contributed by atoms with E-state index < -0.39 is 36.0 Å². The molecule has 2 amide bonds. The smallest absolute Gasteiger partial charge is 0.489 e. The third kappa shape index (κ3) is 7.86. The van der Waals surface area contributed by atoms with Crippen molar-refractivity contribution in [3.63, 3.8) is 0 Å². The average Bonchev–Trinajstić information content (AvgIpc) is 3.67. The van der Waals surface area contributed by atoms with Crippen molar-refractivity contribution in [3.8, 4) is 11.5 Å². The van der Waals surface area contributed by atoms with E-state index in [1.807, 2.05) is 0 Å². The molecule has 9 nitrogen and oxygen atoms in total. The highest BCUT2D eigenvalue weighted by Crippen LogP contribution is 2.42. The number of alkyl halides is 3. The Bertz CT molecular complexity index is 1340. The maximum atomic E-state index is 13.6. The van der Waals surface area contributed by atoms with E-state index in [4.69, 9.17) is 14.2 Å². The summed E-state index contributed by atoms with van der Waals surface area (Å²) in [5, 5.41) is 0. The summed E-state index contributed by atoms with van der Waals surface area (Å²) in [5.41, 5.74) is 1.61. The molecule has 0 N–H and O–H groups in total. The molecule has 2 aromatic rings. The van der Waals surface area contributed by atoms with Gasteiger partial charge >= 0.3 is 18.4 Å². The third-order valence-electron chi connectivity index (χ3n) is 6.99. The monoisotopic (exact) mass is 592 g/mol. The normalized spacial score (nSPS) is 15.5. The van der Waals surface area contributed by atoms with Crippen LogP contribution in [0.4, 0.5) is 23.7 Å². The first-order valence-corrected chi connectivity index (χ1v) is 13.6. The Morgan fingerprint density at radius 3 is 2.40 bits per heavy atom. The van der Waals surface area contributed by atoms with E-state index in [1.54, 1.807) is 51.1 Å². The fourth-order valence-corrected chi connectivity index (χ4v) is 4.71. The summed E-state index contributed by atoms with van der Waals surface area (Å²) in [6.07, 6.45) is -3.60. The largest absolute Gasteiger partial charge is 0.573 e. The molecule has 1 aliphatic carbocycles. The molecule has 0 unspecified atom stereocenters. The summed E-state index contributed by atoms with van der Waals surface area (Å²) < 4.78 is 59.4. The standard InChI is InChI=1S/C30H35F3N2O7/c1-29(2,3)42-28(38)34(4)24(16-26(36)39-5)27(37)35-13-12-20-14-22(10-11-23(20)35)40-17-21-9-8-19(18-6-7-18)15-25(21)41-30(31,32)33/h8-11,14-15,18,24H,6-7,12-13,16-17H2,1-5H3/t24-/m1/s1. The molecule has 2 aliphatic rings. The van der Waals surface area contributed by atoms with Crippen LogP contribution in [0.2, 0.25) is 0 Å². The number of rotatable bonds is 9. The Hall–Kier alpha value is -3.96. The first-order chi connectivity index (χ1) is 19.6. The molecule has 0 spiro atoms. The average molecular weight is 593 g/mol. The van der Waals surface area contributed by atoms with Gasteiger partial charge in [0.2, 0.25) is 0 Å². The molecule has 1 aliphatic heterocycles. The van der Waals surface area contributed by atoms with Crippen LogP contribution in [-0.2, 0) is 32.1 Å². The van der Waals surface area contributed by atoms with Crippen LogP contribution in [-0.4, -0.2) is 61.6 Å². The highest BCUT2D eigenvalue weighted by molar-refractivity contribution is 6.02. The van der Waals surface area contributed by atoms with Crippen LogP contribution < -0.4 is 14.4 Å². The van der Waals surface area contributed by atoms with Gasteiger partial charge in [0.1, 0.15) is 29.7 Å². The van der Waals surface area contributed by atoms with Gasteiger partial charge in [-0.25, -0.2) is 4.79 Å². The number of likely N-dealkylation sites (N-methyl/N-ethyl adjacent to an activating group) is 1. The number of anilines is 1. The Labute approximate surface area is 242 Å². The molecule has 228 valence electrons. The Balaban J connectivity index is 1.49. The van der Waals surface area contributed by atoms with Crippen LogP contribution in [0, 0.1) is 0 Å². The summed E-state index contributed by atoms with van der Waals surface area (Å²) in [6.45, 7) is 5.22. The van der Waals surface area contributed by atoms with Gasteiger partial charge in [-0.1, -0.05) is 12.1 Å². The minimum atomic E-state index is -4.83. The predicted molar refractivity (Wildman–Crippen MR) is 146 cm³/mol. The number of hydrogen-bond acceptors (Lipinski definition) is 7. The molecule has 42 heavy (non-hydrogen) atoms. The number of carbonyl (C=O) groups is 3. The molecule has 0 saturated heterocycles. The number of nitrogens with zero attached hydrogens (tertiary/aromatic N) is 2. The van der Waals surface area contributed by atoms with Crippen LogP contribution >= 0.6 is 0 Å². The zero-order valence-corrected chi connectivity index (χ0v) is 24.2. The lowest BCUT2D eigenvalue weighted by molar-refractivity contribution is -0.275. The zero-order chi connectivity index (χ0) is 30.8. The van der Waals surface area contributed by atoms with Crippen LogP contribution in [0.3, 0.4) is 0 Å². The van der Waals surface area contributed by atoms with Crippen molar-refractivity contribution in [2.75, 3.05) is 25.6 Å². The lowest BCUT2D eigenvalue weighted by Crippen LogP contribution is -2.51. The maximum absolute atomic E-state index is 13.6. The van der Waals surface area contributed by atoms with Crippen LogP contribution in [0.15, 0.2) is 36.4 Å². The summed E-state index contributed by atoms with van der Waals surface area (Å²) in [7, 11) is 2.59. The molecule has 0 bridgehead atoms. The molecule has 0 aromatic heterocycles. The fraction of sp³-hybridized carbons (Fsp3) is 0.500. The number of carbonyl (C=O) groups excluding carboxylic acids is 3. The molecule has 1 atom stereocenters. The molecule has 2 aromatic carbocycles. The molecular weight excluding hydrogens is 557 g/mol. The molecule has 4 rings (SSSR count). The Kier molecular flexibility index (Phi) is 8.93. The van der Waals surface area contributed by atoms with Gasteiger partial charge in [0.15, 0.2) is 0 Å². The number of ether oxygens (including phenoxy) is 4. The number of esters is 1. The van der Waals surface area contributed by atoms with Gasteiger partial charge in [-0.2, -0.15) is 0 Å². The predicted octanol–water partition coefficient (Wildman–Crippen LogP) is 5.73. The van der Waals surface area contributed by atoms with Gasteiger partial charge in [0.05, 0.1) is 13.5 Å². The van der Waals surface area contributed by atoms with Crippen molar-refractivity contribution in [1.82, 2.24) is 4.90 Å². The van der Waals surface area contributed by atoms with Gasteiger partial charge in [0, 0.05) is 24.8 Å². The van der Waals surface area contributed by atoms with Gasteiger partial charge in [0.25, 0.3) is 5.91 Å². The van der Waals surface area contributed by atoms with Crippen molar-refractivity contribution in [2.24, 2.45) is 0 Å². The van der Waals surface area contributed by atoms with Crippen molar-refractivity contribution in [3.05, 3.63) is 53.1 Å². The van der Waals surface area contributed by atoms with Crippen LogP contribution in [0.25, 0.3) is 0 Å². The van der Waals surface area contributed by atoms with E-state index in [0.717, 1.165) is 28.9 Å². The van der Waals surface area contributed by atoms with Crippen molar-refractivity contribution < 1.29 is 46.5 Å².